The van der Waals surface area contributed by atoms with E-state index in [4.69, 9.17) is 9.47 Å². The van der Waals surface area contributed by atoms with Crippen molar-refractivity contribution in [2.75, 3.05) is 0 Å². The number of hydrogen-bond donors (Lipinski definition) is 1. The van der Waals surface area contributed by atoms with Crippen LogP contribution in [0.4, 0.5) is 0 Å². The van der Waals surface area contributed by atoms with E-state index < -0.39 is 5.97 Å². The molecule has 0 saturated carbocycles. The minimum Gasteiger partial charge on any atom is -0.421 e. The predicted molar refractivity (Wildman–Crippen MR) is 128 cm³/mol. The van der Waals surface area contributed by atoms with Crippen LogP contribution in [0.2, 0.25) is 0 Å². The Balaban J connectivity index is 1.51. The van der Waals surface area contributed by atoms with Crippen molar-refractivity contribution < 1.29 is 19.1 Å². The number of nitrogens with zero attached hydrogens (tertiary/aromatic N) is 1. The molecule has 0 unspecified atom stereocenters. The van der Waals surface area contributed by atoms with Crippen LogP contribution in [0.3, 0.4) is 0 Å². The number of hydrogen-bond acceptors (Lipinski definition) is 5. The Morgan fingerprint density at radius 3 is 2.50 bits per heavy atom. The van der Waals surface area contributed by atoms with Gasteiger partial charge >= 0.3 is 5.97 Å². The van der Waals surface area contributed by atoms with Crippen molar-refractivity contribution >= 4 is 50.0 Å². The van der Waals surface area contributed by atoms with Crippen molar-refractivity contribution in [2.24, 2.45) is 5.10 Å². The molecule has 0 saturated heterocycles. The van der Waals surface area contributed by atoms with Gasteiger partial charge in [-0.1, -0.05) is 39.7 Å². The summed E-state index contributed by atoms with van der Waals surface area (Å²) in [5.74, 6) is -0.540. The van der Waals surface area contributed by atoms with Gasteiger partial charge in [-0.15, -0.1) is 0 Å². The van der Waals surface area contributed by atoms with Crippen LogP contribution in [0.5, 0.6) is 5.75 Å². The molecule has 0 radical (unpaired) electrons. The topological polar surface area (TPSA) is 77.0 Å². The van der Waals surface area contributed by atoms with E-state index in [0.29, 0.717) is 40.1 Å². The largest absolute Gasteiger partial charge is 0.421 e. The zero-order chi connectivity index (χ0) is 22.7. The number of esters is 1. The van der Waals surface area contributed by atoms with Gasteiger partial charge in [-0.2, -0.15) is 5.10 Å². The van der Waals surface area contributed by atoms with Gasteiger partial charge in [0, 0.05) is 15.6 Å². The van der Waals surface area contributed by atoms with E-state index in [-0.39, 0.29) is 5.91 Å². The highest BCUT2D eigenvalue weighted by Crippen LogP contribution is 2.32. The highest BCUT2D eigenvalue weighted by Gasteiger charge is 2.16. The monoisotopic (exact) mass is 556 g/mol. The summed E-state index contributed by atoms with van der Waals surface area (Å²) < 4.78 is 12.3. The van der Waals surface area contributed by atoms with E-state index in [1.54, 1.807) is 36.4 Å². The van der Waals surface area contributed by atoms with Gasteiger partial charge in [-0.25, -0.2) is 10.2 Å². The maximum Gasteiger partial charge on any atom is 0.343 e. The molecule has 162 valence electrons. The molecule has 8 heteroatoms. The van der Waals surface area contributed by atoms with Crippen LogP contribution in [-0.2, 0) is 18.0 Å². The van der Waals surface area contributed by atoms with E-state index >= 15 is 0 Å². The summed E-state index contributed by atoms with van der Waals surface area (Å²) in [5, 5.41) is 4.06. The molecule has 0 aliphatic carbocycles. The molecule has 3 aromatic carbocycles. The Labute approximate surface area is 201 Å². The molecule has 1 aliphatic rings. The quantitative estimate of drug-likeness (QED) is 0.193. The molecule has 32 heavy (non-hydrogen) atoms. The minimum absolute atomic E-state index is 0.298. The lowest BCUT2D eigenvalue weighted by molar-refractivity contribution is 0.0733. The SMILES string of the molecule is Cc1ccc(C(=O)Oc2c(Br)cc(Br)cc2C=NNC(=O)c2ccc3c(c2)COC3)cc1. The number of carbonyl (C=O) groups excluding carboxylic acids is 2. The molecule has 0 aromatic heterocycles. The fourth-order valence-corrected chi connectivity index (χ4v) is 4.50. The molecule has 6 nitrogen and oxygen atoms in total. The smallest absolute Gasteiger partial charge is 0.343 e. The highest BCUT2D eigenvalue weighted by atomic mass is 79.9. The van der Waals surface area contributed by atoms with E-state index in [0.717, 1.165) is 21.2 Å². The summed E-state index contributed by atoms with van der Waals surface area (Å²) in [6, 6.07) is 16.0. The molecule has 1 heterocycles. The number of fused-ring (bicyclic) bond motifs is 1. The van der Waals surface area contributed by atoms with Gasteiger partial charge < -0.3 is 9.47 Å². The molecular weight excluding hydrogens is 540 g/mol. The van der Waals surface area contributed by atoms with E-state index in [9.17, 15) is 9.59 Å². The number of halogens is 2. The van der Waals surface area contributed by atoms with Crippen LogP contribution in [0.15, 0.2) is 68.6 Å². The lowest BCUT2D eigenvalue weighted by Crippen LogP contribution is -2.18. The lowest BCUT2D eigenvalue weighted by Gasteiger charge is -2.11. The molecule has 0 atom stereocenters. The maximum absolute atomic E-state index is 12.6. The Morgan fingerprint density at radius 1 is 1.00 bits per heavy atom. The van der Waals surface area contributed by atoms with Crippen LogP contribution in [0.1, 0.15) is 43.0 Å². The number of amides is 1. The van der Waals surface area contributed by atoms with Gasteiger partial charge in [0.05, 0.1) is 29.5 Å². The number of hydrazone groups is 1. The Morgan fingerprint density at radius 2 is 1.72 bits per heavy atom. The zero-order valence-corrected chi connectivity index (χ0v) is 20.2. The molecule has 0 spiro atoms. The van der Waals surface area contributed by atoms with Crippen LogP contribution in [-0.4, -0.2) is 18.1 Å². The van der Waals surface area contributed by atoms with Gasteiger partial charge in [-0.3, -0.25) is 4.79 Å². The summed E-state index contributed by atoms with van der Waals surface area (Å²) >= 11 is 6.85. The van der Waals surface area contributed by atoms with Crippen LogP contribution in [0.25, 0.3) is 0 Å². The number of ether oxygens (including phenoxy) is 2. The van der Waals surface area contributed by atoms with Crippen molar-refractivity contribution in [3.8, 4) is 5.75 Å². The highest BCUT2D eigenvalue weighted by molar-refractivity contribution is 9.11. The number of benzene rings is 3. The molecule has 1 N–H and O–H groups in total. The number of carbonyl (C=O) groups is 2. The zero-order valence-electron chi connectivity index (χ0n) is 17.0. The first-order valence-electron chi connectivity index (χ1n) is 9.71. The van der Waals surface area contributed by atoms with Gasteiger partial charge in [0.25, 0.3) is 5.91 Å². The summed E-state index contributed by atoms with van der Waals surface area (Å²) in [5.41, 5.74) is 7.09. The molecule has 1 aliphatic heterocycles. The first-order chi connectivity index (χ1) is 15.4. The summed E-state index contributed by atoms with van der Waals surface area (Å²) in [7, 11) is 0. The van der Waals surface area contributed by atoms with Gasteiger partial charge in [-0.05, 0) is 70.4 Å². The lowest BCUT2D eigenvalue weighted by atomic mass is 10.1. The predicted octanol–water partition coefficient (Wildman–Crippen LogP) is 5.53. The first-order valence-corrected chi connectivity index (χ1v) is 11.3. The van der Waals surface area contributed by atoms with Crippen LogP contribution in [0, 0.1) is 6.92 Å². The van der Waals surface area contributed by atoms with Gasteiger partial charge in [0.15, 0.2) is 5.75 Å². The Kier molecular flexibility index (Phi) is 6.83. The molecule has 1 amide bonds. The first kappa shape index (κ1) is 22.4. The summed E-state index contributed by atoms with van der Waals surface area (Å²) in [6.45, 7) is 3.01. The average Bonchev–Trinajstić information content (AvgIpc) is 3.24. The maximum atomic E-state index is 12.6. The third kappa shape index (κ3) is 5.15. The third-order valence-corrected chi connectivity index (χ3v) is 5.92. The summed E-state index contributed by atoms with van der Waals surface area (Å²) in [4.78, 5) is 25.1. The minimum atomic E-state index is -0.493. The Hall–Kier alpha value is -2.81. The van der Waals surface area contributed by atoms with E-state index in [2.05, 4.69) is 42.4 Å². The van der Waals surface area contributed by atoms with Crippen LogP contribution >= 0.6 is 31.9 Å². The molecule has 0 fully saturated rings. The summed E-state index contributed by atoms with van der Waals surface area (Å²) in [6.07, 6.45) is 1.43. The third-order valence-electron chi connectivity index (χ3n) is 4.87. The van der Waals surface area contributed by atoms with Crippen molar-refractivity contribution in [1.29, 1.82) is 0 Å². The second kappa shape index (κ2) is 9.77. The van der Waals surface area contributed by atoms with Crippen molar-refractivity contribution in [3.05, 3.63) is 96.9 Å². The van der Waals surface area contributed by atoms with Crippen molar-refractivity contribution in [3.63, 3.8) is 0 Å². The fourth-order valence-electron chi connectivity index (χ4n) is 3.16. The van der Waals surface area contributed by atoms with Crippen LogP contribution < -0.4 is 10.2 Å². The molecule has 3 aromatic rings. The second-order valence-corrected chi connectivity index (χ2v) is 9.01. The molecule has 0 bridgehead atoms. The van der Waals surface area contributed by atoms with E-state index in [1.165, 1.54) is 6.21 Å². The molecular formula is C24H18Br2N2O4. The normalized spacial score (nSPS) is 12.6. The van der Waals surface area contributed by atoms with Gasteiger partial charge in [0.1, 0.15) is 0 Å². The van der Waals surface area contributed by atoms with Gasteiger partial charge in [0.2, 0.25) is 0 Å². The number of nitrogens with one attached hydrogen (secondary N) is 1. The second-order valence-electron chi connectivity index (χ2n) is 7.24. The standard InChI is InChI=1S/C24H18Br2N2O4/c1-14-2-4-15(5-3-14)24(30)32-22-18(9-20(25)10-21(22)26)11-27-28-23(29)16-6-7-17-12-31-13-19(17)8-16/h2-11H,12-13H2,1H3,(H,28,29). The number of aryl methyl sites for hydroxylation is 1. The van der Waals surface area contributed by atoms with E-state index in [1.807, 2.05) is 25.1 Å². The average molecular weight is 558 g/mol. The fraction of sp³-hybridized carbons (Fsp3) is 0.125. The number of rotatable bonds is 5. The van der Waals surface area contributed by atoms with Crippen molar-refractivity contribution in [1.82, 2.24) is 5.43 Å². The molecule has 4 rings (SSSR count). The van der Waals surface area contributed by atoms with Crippen molar-refractivity contribution in [2.45, 2.75) is 20.1 Å². The Bertz CT molecular complexity index is 1220.